The molecule has 7 heteroatoms. The Balaban J connectivity index is 1.12. The summed E-state index contributed by atoms with van der Waals surface area (Å²) in [4.78, 5) is 19.8. The fourth-order valence-corrected chi connectivity index (χ4v) is 8.61. The van der Waals surface area contributed by atoms with Gasteiger partial charge in [-0.3, -0.25) is 0 Å². The molecule has 0 spiro atoms. The summed E-state index contributed by atoms with van der Waals surface area (Å²) in [7, 11) is 0. The first-order chi connectivity index (χ1) is 23.2. The molecule has 4 heterocycles. The van der Waals surface area contributed by atoms with E-state index in [-0.39, 0.29) is 0 Å². The number of hydrogen-bond acceptors (Lipinski definition) is 7. The van der Waals surface area contributed by atoms with E-state index in [4.69, 9.17) is 24.4 Å². The molecule has 0 unspecified atom stereocenters. The smallest absolute Gasteiger partial charge is 0.228 e. The van der Waals surface area contributed by atoms with Crippen LogP contribution in [0.3, 0.4) is 0 Å². The van der Waals surface area contributed by atoms with Crippen molar-refractivity contribution in [1.29, 1.82) is 0 Å². The Hall–Kier alpha value is -5.76. The fourth-order valence-electron chi connectivity index (χ4n) is 6.31. The van der Waals surface area contributed by atoms with Crippen molar-refractivity contribution in [3.05, 3.63) is 133 Å². The molecule has 0 aliphatic rings. The van der Waals surface area contributed by atoms with Gasteiger partial charge in [-0.15, -0.1) is 22.7 Å². The molecule has 0 fully saturated rings. The van der Waals surface area contributed by atoms with Crippen molar-refractivity contribution in [3.8, 4) is 45.6 Å². The van der Waals surface area contributed by atoms with Gasteiger partial charge in [-0.1, -0.05) is 91.0 Å². The van der Waals surface area contributed by atoms with Gasteiger partial charge in [0.25, 0.3) is 0 Å². The van der Waals surface area contributed by atoms with Crippen LogP contribution in [0, 0.1) is 0 Å². The number of rotatable bonds is 4. The molecule has 0 saturated carbocycles. The first-order valence-corrected chi connectivity index (χ1v) is 16.9. The predicted octanol–water partition coefficient (Wildman–Crippen LogP) is 11.4. The van der Waals surface area contributed by atoms with Crippen molar-refractivity contribution < 1.29 is 4.42 Å². The van der Waals surface area contributed by atoms with Gasteiger partial charge in [-0.25, -0.2) is 19.9 Å². The summed E-state index contributed by atoms with van der Waals surface area (Å²) in [5, 5.41) is 4.77. The highest BCUT2D eigenvalue weighted by molar-refractivity contribution is 7.26. The highest BCUT2D eigenvalue weighted by Gasteiger charge is 2.18. The summed E-state index contributed by atoms with van der Waals surface area (Å²) in [5.41, 5.74) is 5.49. The van der Waals surface area contributed by atoms with Gasteiger partial charge in [0, 0.05) is 63.1 Å². The number of oxazole rings is 1. The molecule has 220 valence electrons. The lowest BCUT2D eigenvalue weighted by atomic mass is 10.1. The Morgan fingerprint density at radius 3 is 1.83 bits per heavy atom. The highest BCUT2D eigenvalue weighted by Crippen LogP contribution is 2.42. The summed E-state index contributed by atoms with van der Waals surface area (Å²) < 4.78 is 11.2. The lowest BCUT2D eigenvalue weighted by Crippen LogP contribution is -2.00. The zero-order valence-corrected chi connectivity index (χ0v) is 26.3. The van der Waals surface area contributed by atoms with Crippen LogP contribution in [0.15, 0.2) is 138 Å². The van der Waals surface area contributed by atoms with E-state index in [0.29, 0.717) is 23.4 Å². The summed E-state index contributed by atoms with van der Waals surface area (Å²) in [5.74, 6) is 2.58. The first-order valence-electron chi connectivity index (χ1n) is 15.3. The molecule has 0 radical (unpaired) electrons. The lowest BCUT2D eigenvalue weighted by Gasteiger charge is -2.08. The van der Waals surface area contributed by atoms with E-state index >= 15 is 0 Å². The molecule has 0 bridgehead atoms. The zero-order chi connectivity index (χ0) is 30.9. The second kappa shape index (κ2) is 10.4. The molecular weight excluding hydrogens is 617 g/mol. The van der Waals surface area contributed by atoms with Gasteiger partial charge in [0.2, 0.25) is 5.89 Å². The van der Waals surface area contributed by atoms with Crippen molar-refractivity contribution in [1.82, 2.24) is 19.9 Å². The molecule has 0 aliphatic carbocycles. The minimum atomic E-state index is 0.639. The molecule has 6 aromatic carbocycles. The molecule has 47 heavy (non-hydrogen) atoms. The molecule has 4 aromatic heterocycles. The van der Waals surface area contributed by atoms with E-state index in [1.165, 1.54) is 24.9 Å². The standard InChI is InChI=1S/C40H22N4OS2/c1-3-10-23(11-4-1)37-42-38(24-12-5-2-6-13-24)44-39(43-37)25-18-19-34-29(20-25)30-21-31-32(22-35(30)46-34)45-40(41-31)28-16-9-15-27-26-14-7-8-17-33(26)47-36(27)28/h1-22H. The van der Waals surface area contributed by atoms with Gasteiger partial charge in [-0.2, -0.15) is 0 Å². The van der Waals surface area contributed by atoms with Gasteiger partial charge in [0.15, 0.2) is 23.1 Å². The van der Waals surface area contributed by atoms with E-state index < -0.39 is 0 Å². The third-order valence-electron chi connectivity index (χ3n) is 8.57. The third kappa shape index (κ3) is 4.35. The lowest BCUT2D eigenvalue weighted by molar-refractivity contribution is 0.621. The number of thiophene rings is 2. The van der Waals surface area contributed by atoms with Crippen LogP contribution < -0.4 is 0 Å². The molecule has 0 amide bonds. The number of aromatic nitrogens is 4. The number of nitrogens with zero attached hydrogens (tertiary/aromatic N) is 4. The SMILES string of the molecule is c1ccc(-c2nc(-c3ccccc3)nc(-c3ccc4sc5cc6oc(-c7cccc8c7sc7ccccc78)nc6cc5c4c3)n2)cc1. The summed E-state index contributed by atoms with van der Waals surface area (Å²) in [6, 6.07) is 45.8. The van der Waals surface area contributed by atoms with Gasteiger partial charge < -0.3 is 4.42 Å². The fraction of sp³-hybridized carbons (Fsp3) is 0. The van der Waals surface area contributed by atoms with Gasteiger partial charge in [-0.05, 0) is 36.4 Å². The van der Waals surface area contributed by atoms with E-state index in [0.717, 1.165) is 48.8 Å². The van der Waals surface area contributed by atoms with E-state index in [1.807, 2.05) is 60.7 Å². The third-order valence-corrected chi connectivity index (χ3v) is 10.9. The Morgan fingerprint density at radius 1 is 0.426 bits per heavy atom. The molecule has 0 atom stereocenters. The van der Waals surface area contributed by atoms with Crippen LogP contribution in [0.1, 0.15) is 0 Å². The van der Waals surface area contributed by atoms with E-state index in [9.17, 15) is 0 Å². The van der Waals surface area contributed by atoms with E-state index in [1.54, 1.807) is 22.7 Å². The summed E-state index contributed by atoms with van der Waals surface area (Å²) in [6.45, 7) is 0. The maximum absolute atomic E-state index is 6.44. The molecule has 0 saturated heterocycles. The number of fused-ring (bicyclic) bond motifs is 7. The minimum absolute atomic E-state index is 0.639. The Labute approximate surface area is 276 Å². The van der Waals surface area contributed by atoms with Crippen molar-refractivity contribution >= 4 is 74.1 Å². The summed E-state index contributed by atoms with van der Waals surface area (Å²) >= 11 is 3.54. The second-order valence-electron chi connectivity index (χ2n) is 11.5. The van der Waals surface area contributed by atoms with Crippen LogP contribution in [-0.2, 0) is 0 Å². The molecule has 10 rings (SSSR count). The number of hydrogen-bond donors (Lipinski definition) is 0. The average molecular weight is 639 g/mol. The van der Waals surface area contributed by atoms with Crippen LogP contribution in [0.5, 0.6) is 0 Å². The topological polar surface area (TPSA) is 64.7 Å². The Kier molecular flexibility index (Phi) is 5.85. The zero-order valence-electron chi connectivity index (χ0n) is 24.7. The van der Waals surface area contributed by atoms with Gasteiger partial charge in [0.05, 0.1) is 5.56 Å². The Morgan fingerprint density at radius 2 is 1.06 bits per heavy atom. The van der Waals surface area contributed by atoms with Crippen LogP contribution in [0.2, 0.25) is 0 Å². The van der Waals surface area contributed by atoms with Crippen molar-refractivity contribution in [2.45, 2.75) is 0 Å². The molecule has 0 N–H and O–H groups in total. The summed E-state index contributed by atoms with van der Waals surface area (Å²) in [6.07, 6.45) is 0. The second-order valence-corrected chi connectivity index (χ2v) is 13.6. The molecular formula is C40H22N4OS2. The normalized spacial score (nSPS) is 11.8. The van der Waals surface area contributed by atoms with Crippen molar-refractivity contribution in [2.24, 2.45) is 0 Å². The predicted molar refractivity (Wildman–Crippen MR) is 195 cm³/mol. The van der Waals surface area contributed by atoms with Gasteiger partial charge >= 0.3 is 0 Å². The van der Waals surface area contributed by atoms with Crippen LogP contribution >= 0.6 is 22.7 Å². The van der Waals surface area contributed by atoms with Crippen molar-refractivity contribution in [3.63, 3.8) is 0 Å². The van der Waals surface area contributed by atoms with Crippen molar-refractivity contribution in [2.75, 3.05) is 0 Å². The highest BCUT2D eigenvalue weighted by atomic mass is 32.1. The minimum Gasteiger partial charge on any atom is -0.436 e. The number of benzene rings is 6. The molecule has 5 nitrogen and oxygen atoms in total. The molecule has 10 aromatic rings. The molecule has 0 aliphatic heterocycles. The van der Waals surface area contributed by atoms with Crippen LogP contribution in [-0.4, -0.2) is 19.9 Å². The maximum atomic E-state index is 6.44. The average Bonchev–Trinajstić information content (AvgIpc) is 3.83. The maximum Gasteiger partial charge on any atom is 0.228 e. The first kappa shape index (κ1) is 26.5. The van der Waals surface area contributed by atoms with E-state index in [2.05, 4.69) is 72.8 Å². The van der Waals surface area contributed by atoms with Crippen LogP contribution in [0.4, 0.5) is 0 Å². The quantitative estimate of drug-likeness (QED) is 0.192. The monoisotopic (exact) mass is 638 g/mol. The van der Waals surface area contributed by atoms with Crippen LogP contribution in [0.25, 0.3) is 97.1 Å². The largest absolute Gasteiger partial charge is 0.436 e. The Bertz CT molecular complexity index is 2740. The van der Waals surface area contributed by atoms with Gasteiger partial charge in [0.1, 0.15) is 5.52 Å².